The molecule has 2 rings (SSSR count). The lowest BCUT2D eigenvalue weighted by Crippen LogP contribution is -2.30. The molecule has 21 heavy (non-hydrogen) atoms. The number of hydrogen-bond acceptors (Lipinski definition) is 3. The van der Waals surface area contributed by atoms with Gasteiger partial charge >= 0.3 is 0 Å². The van der Waals surface area contributed by atoms with E-state index in [1.807, 2.05) is 12.1 Å². The van der Waals surface area contributed by atoms with E-state index in [1.165, 1.54) is 16.7 Å². The highest BCUT2D eigenvalue weighted by Gasteiger charge is 2.15. The molecule has 0 aliphatic heterocycles. The van der Waals surface area contributed by atoms with Crippen molar-refractivity contribution in [1.29, 1.82) is 0 Å². The molecule has 2 aromatic carbocycles. The molecule has 0 aliphatic rings. The van der Waals surface area contributed by atoms with Gasteiger partial charge in [-0.2, -0.15) is 0 Å². The molecule has 1 atom stereocenters. The molecule has 0 bridgehead atoms. The van der Waals surface area contributed by atoms with Gasteiger partial charge in [-0.1, -0.05) is 42.0 Å². The molecule has 0 aliphatic carbocycles. The fourth-order valence-electron chi connectivity index (χ4n) is 2.53. The third kappa shape index (κ3) is 4.06. The molecule has 0 fully saturated rings. The van der Waals surface area contributed by atoms with E-state index in [0.29, 0.717) is 6.54 Å². The van der Waals surface area contributed by atoms with Gasteiger partial charge in [-0.15, -0.1) is 0 Å². The molecule has 0 heterocycles. The first kappa shape index (κ1) is 15.5. The van der Waals surface area contributed by atoms with Crippen molar-refractivity contribution in [3.8, 4) is 5.75 Å². The number of ether oxygens (including phenoxy) is 1. The average molecular weight is 284 g/mol. The summed E-state index contributed by atoms with van der Waals surface area (Å²) in [4.78, 5) is 2.28. The first-order valence-corrected chi connectivity index (χ1v) is 7.24. The molecule has 0 saturated carbocycles. The molecular weight excluding hydrogens is 260 g/mol. The first-order chi connectivity index (χ1) is 10.1. The Labute approximate surface area is 127 Å². The van der Waals surface area contributed by atoms with Crippen molar-refractivity contribution in [3.63, 3.8) is 0 Å². The molecule has 0 radical (unpaired) electrons. The average Bonchev–Trinajstić information content (AvgIpc) is 2.50. The third-order valence-electron chi connectivity index (χ3n) is 3.78. The number of nitrogens with zero attached hydrogens (tertiary/aromatic N) is 1. The molecular formula is C18H24N2O. The standard InChI is InChI=1S/C18H24N2O/c1-14-7-9-16(10-8-14)18(12-19)20(2)13-15-5-4-6-17(11-15)21-3/h4-11,18H,12-13,19H2,1-3H3. The summed E-state index contributed by atoms with van der Waals surface area (Å²) in [6, 6.07) is 17.0. The summed E-state index contributed by atoms with van der Waals surface area (Å²) in [6.45, 7) is 3.54. The maximum absolute atomic E-state index is 5.99. The highest BCUT2D eigenvalue weighted by molar-refractivity contribution is 5.29. The van der Waals surface area contributed by atoms with Crippen LogP contribution in [-0.2, 0) is 6.54 Å². The Balaban J connectivity index is 2.12. The summed E-state index contributed by atoms with van der Waals surface area (Å²) in [6.07, 6.45) is 0. The topological polar surface area (TPSA) is 38.5 Å². The second-order valence-electron chi connectivity index (χ2n) is 5.43. The first-order valence-electron chi connectivity index (χ1n) is 7.24. The normalized spacial score (nSPS) is 12.4. The van der Waals surface area contributed by atoms with Crippen LogP contribution in [0.15, 0.2) is 48.5 Å². The molecule has 112 valence electrons. The number of benzene rings is 2. The molecule has 0 aromatic heterocycles. The zero-order valence-corrected chi connectivity index (χ0v) is 13.0. The molecule has 3 nitrogen and oxygen atoms in total. The molecule has 0 amide bonds. The van der Waals surface area contributed by atoms with Crippen LogP contribution in [0.4, 0.5) is 0 Å². The van der Waals surface area contributed by atoms with Gasteiger partial charge in [0.1, 0.15) is 5.75 Å². The minimum Gasteiger partial charge on any atom is -0.497 e. The third-order valence-corrected chi connectivity index (χ3v) is 3.78. The van der Waals surface area contributed by atoms with Gasteiger partial charge in [0.05, 0.1) is 7.11 Å². The number of likely N-dealkylation sites (N-methyl/N-ethyl adjacent to an activating group) is 1. The maximum Gasteiger partial charge on any atom is 0.119 e. The van der Waals surface area contributed by atoms with Crippen molar-refractivity contribution in [2.45, 2.75) is 19.5 Å². The molecule has 0 saturated heterocycles. The van der Waals surface area contributed by atoms with Crippen LogP contribution in [-0.4, -0.2) is 25.6 Å². The fourth-order valence-corrected chi connectivity index (χ4v) is 2.53. The monoisotopic (exact) mass is 284 g/mol. The summed E-state index contributed by atoms with van der Waals surface area (Å²) in [5.74, 6) is 0.889. The molecule has 1 unspecified atom stereocenters. The maximum atomic E-state index is 5.99. The minimum atomic E-state index is 0.219. The highest BCUT2D eigenvalue weighted by Crippen LogP contribution is 2.22. The van der Waals surface area contributed by atoms with E-state index in [2.05, 4.69) is 55.3 Å². The Hall–Kier alpha value is -1.84. The van der Waals surface area contributed by atoms with Crippen molar-refractivity contribution < 1.29 is 4.74 Å². The van der Waals surface area contributed by atoms with Crippen LogP contribution in [0.5, 0.6) is 5.75 Å². The van der Waals surface area contributed by atoms with Crippen molar-refractivity contribution >= 4 is 0 Å². The lowest BCUT2D eigenvalue weighted by atomic mass is 10.0. The fraction of sp³-hybridized carbons (Fsp3) is 0.333. The Morgan fingerprint density at radius 2 is 1.86 bits per heavy atom. The second-order valence-corrected chi connectivity index (χ2v) is 5.43. The van der Waals surface area contributed by atoms with Gasteiger partial charge in [0, 0.05) is 19.1 Å². The second kappa shape index (κ2) is 7.25. The van der Waals surface area contributed by atoms with Gasteiger partial charge in [0.2, 0.25) is 0 Å². The summed E-state index contributed by atoms with van der Waals surface area (Å²) < 4.78 is 5.28. The van der Waals surface area contributed by atoms with Crippen LogP contribution in [0.25, 0.3) is 0 Å². The molecule has 3 heteroatoms. The van der Waals surface area contributed by atoms with Gasteiger partial charge in [-0.3, -0.25) is 4.90 Å². The van der Waals surface area contributed by atoms with Crippen molar-refractivity contribution in [2.75, 3.05) is 20.7 Å². The Morgan fingerprint density at radius 3 is 2.48 bits per heavy atom. The number of nitrogens with two attached hydrogens (primary N) is 1. The number of aryl methyl sites for hydroxylation is 1. The Morgan fingerprint density at radius 1 is 1.14 bits per heavy atom. The van der Waals surface area contributed by atoms with Crippen LogP contribution in [0.3, 0.4) is 0 Å². The summed E-state index contributed by atoms with van der Waals surface area (Å²) in [5.41, 5.74) is 9.74. The van der Waals surface area contributed by atoms with Crippen molar-refractivity contribution in [1.82, 2.24) is 4.90 Å². The molecule has 2 aromatic rings. The van der Waals surface area contributed by atoms with E-state index in [9.17, 15) is 0 Å². The predicted octanol–water partition coefficient (Wildman–Crippen LogP) is 3.14. The highest BCUT2D eigenvalue weighted by atomic mass is 16.5. The van der Waals surface area contributed by atoms with Gasteiger partial charge in [0.15, 0.2) is 0 Å². The lowest BCUT2D eigenvalue weighted by Gasteiger charge is -2.27. The van der Waals surface area contributed by atoms with Gasteiger partial charge in [0.25, 0.3) is 0 Å². The zero-order valence-electron chi connectivity index (χ0n) is 13.0. The van der Waals surface area contributed by atoms with Gasteiger partial charge in [-0.05, 0) is 37.2 Å². The zero-order chi connectivity index (χ0) is 15.2. The van der Waals surface area contributed by atoms with Crippen LogP contribution in [0.1, 0.15) is 22.7 Å². The van der Waals surface area contributed by atoms with E-state index in [4.69, 9.17) is 10.5 Å². The van der Waals surface area contributed by atoms with Gasteiger partial charge in [-0.25, -0.2) is 0 Å². The van der Waals surface area contributed by atoms with Crippen LogP contribution < -0.4 is 10.5 Å². The summed E-state index contributed by atoms with van der Waals surface area (Å²) in [7, 11) is 3.80. The predicted molar refractivity (Wildman–Crippen MR) is 87.4 cm³/mol. The van der Waals surface area contributed by atoms with Crippen LogP contribution in [0.2, 0.25) is 0 Å². The van der Waals surface area contributed by atoms with E-state index in [0.717, 1.165) is 12.3 Å². The quantitative estimate of drug-likeness (QED) is 0.885. The van der Waals surface area contributed by atoms with Crippen molar-refractivity contribution in [3.05, 3.63) is 65.2 Å². The van der Waals surface area contributed by atoms with E-state index >= 15 is 0 Å². The van der Waals surface area contributed by atoms with Crippen LogP contribution in [0, 0.1) is 6.92 Å². The Bertz CT molecular complexity index is 566. The number of rotatable bonds is 6. The minimum absolute atomic E-state index is 0.219. The number of hydrogen-bond donors (Lipinski definition) is 1. The van der Waals surface area contributed by atoms with E-state index in [-0.39, 0.29) is 6.04 Å². The molecule has 0 spiro atoms. The SMILES string of the molecule is COc1cccc(CN(C)C(CN)c2ccc(C)cc2)c1. The van der Waals surface area contributed by atoms with Crippen molar-refractivity contribution in [2.24, 2.45) is 5.73 Å². The Kier molecular flexibility index (Phi) is 5.37. The summed E-state index contributed by atoms with van der Waals surface area (Å²) in [5, 5.41) is 0. The number of methoxy groups -OCH3 is 1. The summed E-state index contributed by atoms with van der Waals surface area (Å²) >= 11 is 0. The van der Waals surface area contributed by atoms with E-state index in [1.54, 1.807) is 7.11 Å². The molecule has 2 N–H and O–H groups in total. The van der Waals surface area contributed by atoms with E-state index < -0.39 is 0 Å². The lowest BCUT2D eigenvalue weighted by molar-refractivity contribution is 0.241. The van der Waals surface area contributed by atoms with Gasteiger partial charge < -0.3 is 10.5 Å². The van der Waals surface area contributed by atoms with Crippen LogP contribution >= 0.6 is 0 Å². The smallest absolute Gasteiger partial charge is 0.119 e. The largest absolute Gasteiger partial charge is 0.497 e.